The summed E-state index contributed by atoms with van der Waals surface area (Å²) in [6.45, 7) is 1.49. The maximum atomic E-state index is 12.9. The van der Waals surface area contributed by atoms with Gasteiger partial charge in [-0.1, -0.05) is 42.5 Å². The molecule has 0 bridgehead atoms. The first-order valence-electron chi connectivity index (χ1n) is 5.34. The van der Waals surface area contributed by atoms with Crippen LogP contribution in [0.3, 0.4) is 0 Å². The molecule has 1 nitrogen and oxygen atoms in total. The minimum absolute atomic E-state index is 0.181. The predicted molar refractivity (Wildman–Crippen MR) is 63.4 cm³/mol. The van der Waals surface area contributed by atoms with E-state index in [9.17, 15) is 4.39 Å². The minimum Gasteiger partial charge on any atom is -0.309 e. The van der Waals surface area contributed by atoms with Crippen LogP contribution in [0.15, 0.2) is 54.6 Å². The highest BCUT2D eigenvalue weighted by molar-refractivity contribution is 5.17. The van der Waals surface area contributed by atoms with Crippen molar-refractivity contribution < 1.29 is 4.39 Å². The average molecular weight is 215 g/mol. The van der Waals surface area contributed by atoms with E-state index in [1.165, 1.54) is 11.6 Å². The topological polar surface area (TPSA) is 12.0 Å². The highest BCUT2D eigenvalue weighted by atomic mass is 19.1. The Morgan fingerprint density at radius 1 is 0.812 bits per heavy atom. The first-order chi connectivity index (χ1) is 7.84. The Labute approximate surface area is 94.9 Å². The summed E-state index contributed by atoms with van der Waals surface area (Å²) in [5.41, 5.74) is 2.20. The Hall–Kier alpha value is -1.67. The molecule has 82 valence electrons. The molecule has 0 radical (unpaired) electrons. The zero-order valence-electron chi connectivity index (χ0n) is 8.99. The third-order valence-corrected chi connectivity index (χ3v) is 2.39. The lowest BCUT2D eigenvalue weighted by atomic mass is 10.2. The molecule has 0 saturated heterocycles. The number of hydrogen-bond acceptors (Lipinski definition) is 1. The fourth-order valence-corrected chi connectivity index (χ4v) is 1.59. The summed E-state index contributed by atoms with van der Waals surface area (Å²) in [7, 11) is 0. The molecule has 0 aromatic heterocycles. The molecule has 0 aliphatic carbocycles. The van der Waals surface area contributed by atoms with Gasteiger partial charge in [0, 0.05) is 13.1 Å². The third kappa shape index (κ3) is 3.17. The second-order valence-corrected chi connectivity index (χ2v) is 3.72. The van der Waals surface area contributed by atoms with Crippen molar-refractivity contribution in [2.24, 2.45) is 0 Å². The first kappa shape index (κ1) is 10.8. The van der Waals surface area contributed by atoms with Crippen molar-refractivity contribution in [2.75, 3.05) is 0 Å². The standard InChI is InChI=1S/C14H14FN/c15-14-8-4-7-13(9-14)11-16-10-12-5-2-1-3-6-12/h1-9,16H,10-11H2. The van der Waals surface area contributed by atoms with Crippen molar-refractivity contribution in [2.45, 2.75) is 13.1 Å². The van der Waals surface area contributed by atoms with Gasteiger partial charge in [0.05, 0.1) is 0 Å². The number of nitrogens with one attached hydrogen (secondary N) is 1. The van der Waals surface area contributed by atoms with Crippen LogP contribution in [0.5, 0.6) is 0 Å². The Morgan fingerprint density at radius 2 is 1.50 bits per heavy atom. The van der Waals surface area contributed by atoms with E-state index >= 15 is 0 Å². The third-order valence-electron chi connectivity index (χ3n) is 2.39. The van der Waals surface area contributed by atoms with Gasteiger partial charge in [0.15, 0.2) is 0 Å². The first-order valence-corrected chi connectivity index (χ1v) is 5.34. The Bertz CT molecular complexity index is 439. The molecular formula is C14H14FN. The maximum absolute atomic E-state index is 12.9. The van der Waals surface area contributed by atoms with Crippen LogP contribution in [0.4, 0.5) is 4.39 Å². The zero-order chi connectivity index (χ0) is 11.2. The number of rotatable bonds is 4. The summed E-state index contributed by atoms with van der Waals surface area (Å²) in [5.74, 6) is -0.181. The molecular weight excluding hydrogens is 201 g/mol. The van der Waals surface area contributed by atoms with E-state index in [-0.39, 0.29) is 5.82 Å². The molecule has 2 aromatic rings. The van der Waals surface area contributed by atoms with Gasteiger partial charge in [-0.3, -0.25) is 0 Å². The van der Waals surface area contributed by atoms with Gasteiger partial charge in [0.25, 0.3) is 0 Å². The lowest BCUT2D eigenvalue weighted by Gasteiger charge is -2.05. The molecule has 0 amide bonds. The van der Waals surface area contributed by atoms with Crippen molar-refractivity contribution in [3.8, 4) is 0 Å². The monoisotopic (exact) mass is 215 g/mol. The van der Waals surface area contributed by atoms with Crippen molar-refractivity contribution in [1.29, 1.82) is 0 Å². The predicted octanol–water partition coefficient (Wildman–Crippen LogP) is 3.12. The van der Waals surface area contributed by atoms with Crippen LogP contribution >= 0.6 is 0 Å². The summed E-state index contributed by atoms with van der Waals surface area (Å²) < 4.78 is 12.9. The van der Waals surface area contributed by atoms with Gasteiger partial charge in [-0.15, -0.1) is 0 Å². The van der Waals surface area contributed by atoms with Crippen molar-refractivity contribution in [1.82, 2.24) is 5.32 Å². The van der Waals surface area contributed by atoms with Crippen LogP contribution in [-0.2, 0) is 13.1 Å². The van der Waals surface area contributed by atoms with Gasteiger partial charge in [-0.05, 0) is 23.3 Å². The lowest BCUT2D eigenvalue weighted by Crippen LogP contribution is -2.12. The summed E-state index contributed by atoms with van der Waals surface area (Å²) in [4.78, 5) is 0. The van der Waals surface area contributed by atoms with Gasteiger partial charge in [-0.25, -0.2) is 4.39 Å². The van der Waals surface area contributed by atoms with E-state index in [2.05, 4.69) is 17.4 Å². The van der Waals surface area contributed by atoms with Crippen LogP contribution < -0.4 is 5.32 Å². The maximum Gasteiger partial charge on any atom is 0.123 e. The SMILES string of the molecule is Fc1cccc(CNCc2ccccc2)c1. The number of benzene rings is 2. The Kier molecular flexibility index (Phi) is 3.67. The summed E-state index contributed by atoms with van der Waals surface area (Å²) >= 11 is 0. The van der Waals surface area contributed by atoms with Gasteiger partial charge >= 0.3 is 0 Å². The highest BCUT2D eigenvalue weighted by Gasteiger charge is 1.95. The van der Waals surface area contributed by atoms with Crippen molar-refractivity contribution in [3.05, 3.63) is 71.5 Å². The number of halogens is 1. The van der Waals surface area contributed by atoms with Crippen LogP contribution in [0.2, 0.25) is 0 Å². The molecule has 0 aliphatic rings. The van der Waals surface area contributed by atoms with E-state index in [4.69, 9.17) is 0 Å². The van der Waals surface area contributed by atoms with Gasteiger partial charge in [0.2, 0.25) is 0 Å². The summed E-state index contributed by atoms with van der Waals surface area (Å²) in [6.07, 6.45) is 0. The molecule has 0 saturated carbocycles. The highest BCUT2D eigenvalue weighted by Crippen LogP contribution is 2.04. The molecule has 1 N–H and O–H groups in total. The fourth-order valence-electron chi connectivity index (χ4n) is 1.59. The van der Waals surface area contributed by atoms with E-state index < -0.39 is 0 Å². The molecule has 16 heavy (non-hydrogen) atoms. The molecule has 0 unspecified atom stereocenters. The van der Waals surface area contributed by atoms with Gasteiger partial charge < -0.3 is 5.32 Å². The average Bonchev–Trinajstić information content (AvgIpc) is 2.30. The normalized spacial score (nSPS) is 10.3. The molecule has 2 rings (SSSR count). The molecule has 0 spiro atoms. The van der Waals surface area contributed by atoms with Crippen LogP contribution in [0.1, 0.15) is 11.1 Å². The largest absolute Gasteiger partial charge is 0.309 e. The van der Waals surface area contributed by atoms with Gasteiger partial charge in [-0.2, -0.15) is 0 Å². The molecule has 2 aromatic carbocycles. The van der Waals surface area contributed by atoms with Crippen molar-refractivity contribution in [3.63, 3.8) is 0 Å². The van der Waals surface area contributed by atoms with E-state index in [1.54, 1.807) is 12.1 Å². The molecule has 0 heterocycles. The van der Waals surface area contributed by atoms with E-state index in [1.807, 2.05) is 24.3 Å². The second kappa shape index (κ2) is 5.42. The van der Waals surface area contributed by atoms with Crippen LogP contribution in [-0.4, -0.2) is 0 Å². The fraction of sp³-hybridized carbons (Fsp3) is 0.143. The summed E-state index contributed by atoms with van der Waals surface area (Å²) in [5, 5.41) is 3.28. The minimum atomic E-state index is -0.181. The lowest BCUT2D eigenvalue weighted by molar-refractivity contribution is 0.620. The van der Waals surface area contributed by atoms with Crippen LogP contribution in [0.25, 0.3) is 0 Å². The smallest absolute Gasteiger partial charge is 0.123 e. The van der Waals surface area contributed by atoms with Crippen LogP contribution in [0, 0.1) is 5.82 Å². The van der Waals surface area contributed by atoms with Crippen molar-refractivity contribution >= 4 is 0 Å². The number of hydrogen-bond donors (Lipinski definition) is 1. The zero-order valence-corrected chi connectivity index (χ0v) is 8.99. The molecule has 2 heteroatoms. The van der Waals surface area contributed by atoms with E-state index in [0.29, 0.717) is 6.54 Å². The second-order valence-electron chi connectivity index (χ2n) is 3.72. The molecule has 0 fully saturated rings. The van der Waals surface area contributed by atoms with E-state index in [0.717, 1.165) is 12.1 Å². The Morgan fingerprint density at radius 3 is 2.25 bits per heavy atom. The van der Waals surface area contributed by atoms with Gasteiger partial charge in [0.1, 0.15) is 5.82 Å². The molecule has 0 aliphatic heterocycles. The molecule has 0 atom stereocenters. The summed E-state index contributed by atoms with van der Waals surface area (Å²) in [6, 6.07) is 16.8. The Balaban J connectivity index is 1.85. The quantitative estimate of drug-likeness (QED) is 0.826.